The Hall–Kier alpha value is -1.62. The lowest BCUT2D eigenvalue weighted by molar-refractivity contribution is 0.684. The Morgan fingerprint density at radius 2 is 2.35 bits per heavy atom. The normalized spacial score (nSPS) is 24.4. The minimum absolute atomic E-state index is 0.337. The van der Waals surface area contributed by atoms with E-state index >= 15 is 0 Å². The molecule has 1 aliphatic rings. The summed E-state index contributed by atoms with van der Waals surface area (Å²) in [6.45, 7) is 2.00. The molecule has 1 saturated carbocycles. The van der Waals surface area contributed by atoms with Gasteiger partial charge in [0.1, 0.15) is 5.82 Å². The van der Waals surface area contributed by atoms with Crippen LogP contribution < -0.4 is 11.1 Å². The molecule has 17 heavy (non-hydrogen) atoms. The number of rotatable bonds is 2. The maximum Gasteiger partial charge on any atom is 0.157 e. The summed E-state index contributed by atoms with van der Waals surface area (Å²) in [5.41, 5.74) is 7.81. The van der Waals surface area contributed by atoms with Crippen LogP contribution in [0, 0.1) is 6.92 Å². The van der Waals surface area contributed by atoms with Crippen molar-refractivity contribution in [3.63, 3.8) is 0 Å². The van der Waals surface area contributed by atoms with Gasteiger partial charge in [-0.25, -0.2) is 4.98 Å². The third-order valence-corrected chi connectivity index (χ3v) is 3.31. The van der Waals surface area contributed by atoms with Gasteiger partial charge in [0.15, 0.2) is 5.65 Å². The molecular weight excluding hydrogens is 214 g/mol. The van der Waals surface area contributed by atoms with E-state index in [0.717, 1.165) is 36.4 Å². The second-order valence-electron chi connectivity index (χ2n) is 4.80. The molecule has 5 nitrogen and oxygen atoms in total. The number of fused-ring (bicyclic) bond motifs is 1. The molecule has 0 radical (unpaired) electrons. The van der Waals surface area contributed by atoms with Gasteiger partial charge in [-0.05, 0) is 26.2 Å². The second-order valence-corrected chi connectivity index (χ2v) is 4.80. The molecule has 5 heteroatoms. The second kappa shape index (κ2) is 4.00. The zero-order valence-corrected chi connectivity index (χ0v) is 9.93. The molecule has 3 rings (SSSR count). The number of hydrogen-bond acceptors (Lipinski definition) is 4. The highest BCUT2D eigenvalue weighted by molar-refractivity contribution is 5.49. The van der Waals surface area contributed by atoms with Gasteiger partial charge in [0.05, 0.1) is 6.20 Å². The summed E-state index contributed by atoms with van der Waals surface area (Å²) >= 11 is 0. The van der Waals surface area contributed by atoms with Crippen LogP contribution in [-0.2, 0) is 0 Å². The molecule has 2 heterocycles. The standard InChI is InChI=1S/C12H17N5/c1-8-6-12(16-10-3-2-9(13)7-10)17-11(15-8)4-5-14-17/h4-6,9-10,16H,2-3,7,13H2,1H3. The van der Waals surface area contributed by atoms with Crippen molar-refractivity contribution in [3.05, 3.63) is 24.0 Å². The van der Waals surface area contributed by atoms with Gasteiger partial charge in [0.2, 0.25) is 0 Å². The molecule has 2 unspecified atom stereocenters. The zero-order valence-electron chi connectivity index (χ0n) is 9.93. The molecule has 0 aromatic carbocycles. The number of nitrogens with two attached hydrogens (primary N) is 1. The van der Waals surface area contributed by atoms with E-state index < -0.39 is 0 Å². The molecule has 1 aliphatic carbocycles. The lowest BCUT2D eigenvalue weighted by Crippen LogP contribution is -2.22. The molecule has 3 N–H and O–H groups in total. The van der Waals surface area contributed by atoms with E-state index in [-0.39, 0.29) is 0 Å². The van der Waals surface area contributed by atoms with E-state index in [1.165, 1.54) is 0 Å². The van der Waals surface area contributed by atoms with Crippen LogP contribution in [0.2, 0.25) is 0 Å². The molecular formula is C12H17N5. The molecule has 2 aromatic heterocycles. The number of aromatic nitrogens is 3. The van der Waals surface area contributed by atoms with Crippen LogP contribution in [0.15, 0.2) is 18.3 Å². The number of hydrogen-bond donors (Lipinski definition) is 2. The third kappa shape index (κ3) is 1.98. The van der Waals surface area contributed by atoms with E-state index in [2.05, 4.69) is 15.4 Å². The predicted molar refractivity (Wildman–Crippen MR) is 67.0 cm³/mol. The summed E-state index contributed by atoms with van der Waals surface area (Å²) in [6, 6.07) is 4.74. The van der Waals surface area contributed by atoms with E-state index in [0.29, 0.717) is 12.1 Å². The first kappa shape index (κ1) is 10.5. The van der Waals surface area contributed by atoms with Gasteiger partial charge < -0.3 is 11.1 Å². The first-order valence-corrected chi connectivity index (χ1v) is 6.06. The highest BCUT2D eigenvalue weighted by Crippen LogP contribution is 2.22. The Balaban J connectivity index is 1.91. The summed E-state index contributed by atoms with van der Waals surface area (Å²) in [7, 11) is 0. The van der Waals surface area contributed by atoms with Crippen molar-refractivity contribution in [1.82, 2.24) is 14.6 Å². The smallest absolute Gasteiger partial charge is 0.157 e. The molecule has 0 bridgehead atoms. The molecule has 0 aliphatic heterocycles. The van der Waals surface area contributed by atoms with Gasteiger partial charge in [-0.2, -0.15) is 9.61 Å². The monoisotopic (exact) mass is 231 g/mol. The van der Waals surface area contributed by atoms with Crippen molar-refractivity contribution in [2.75, 3.05) is 5.32 Å². The van der Waals surface area contributed by atoms with Crippen LogP contribution in [0.1, 0.15) is 25.0 Å². The van der Waals surface area contributed by atoms with Crippen molar-refractivity contribution < 1.29 is 0 Å². The number of nitrogens with zero attached hydrogens (tertiary/aromatic N) is 3. The lowest BCUT2D eigenvalue weighted by atomic mass is 10.2. The molecule has 90 valence electrons. The third-order valence-electron chi connectivity index (χ3n) is 3.31. The number of nitrogens with one attached hydrogen (secondary N) is 1. The minimum atomic E-state index is 0.337. The maximum absolute atomic E-state index is 5.93. The lowest BCUT2D eigenvalue weighted by Gasteiger charge is -2.15. The summed E-state index contributed by atoms with van der Waals surface area (Å²) in [5, 5.41) is 7.80. The van der Waals surface area contributed by atoms with Crippen LogP contribution in [0.3, 0.4) is 0 Å². The summed E-state index contributed by atoms with van der Waals surface area (Å²) in [6.07, 6.45) is 5.03. The Morgan fingerprint density at radius 3 is 3.12 bits per heavy atom. The van der Waals surface area contributed by atoms with Crippen LogP contribution in [0.5, 0.6) is 0 Å². The fourth-order valence-electron chi connectivity index (χ4n) is 2.50. The first-order valence-electron chi connectivity index (χ1n) is 6.06. The van der Waals surface area contributed by atoms with Crippen LogP contribution in [0.25, 0.3) is 5.65 Å². The largest absolute Gasteiger partial charge is 0.367 e. The zero-order chi connectivity index (χ0) is 11.8. The average molecular weight is 231 g/mol. The van der Waals surface area contributed by atoms with Crippen LogP contribution >= 0.6 is 0 Å². The van der Waals surface area contributed by atoms with Crippen molar-refractivity contribution in [1.29, 1.82) is 0 Å². The fourth-order valence-corrected chi connectivity index (χ4v) is 2.50. The van der Waals surface area contributed by atoms with Gasteiger partial charge >= 0.3 is 0 Å². The Bertz CT molecular complexity index is 533. The Morgan fingerprint density at radius 1 is 1.47 bits per heavy atom. The number of aryl methyl sites for hydroxylation is 1. The van der Waals surface area contributed by atoms with Crippen molar-refractivity contribution >= 4 is 11.5 Å². The molecule has 0 spiro atoms. The molecule has 2 aromatic rings. The van der Waals surface area contributed by atoms with Crippen LogP contribution in [-0.4, -0.2) is 26.7 Å². The quantitative estimate of drug-likeness (QED) is 0.818. The van der Waals surface area contributed by atoms with Gasteiger partial charge in [0, 0.05) is 29.9 Å². The maximum atomic E-state index is 5.93. The van der Waals surface area contributed by atoms with Crippen LogP contribution in [0.4, 0.5) is 5.82 Å². The summed E-state index contributed by atoms with van der Waals surface area (Å²) in [4.78, 5) is 4.42. The SMILES string of the molecule is Cc1cc(NC2CCC(N)C2)n2nccc2n1. The van der Waals surface area contributed by atoms with Crippen molar-refractivity contribution in [3.8, 4) is 0 Å². The molecule has 0 amide bonds. The highest BCUT2D eigenvalue weighted by atomic mass is 15.3. The van der Waals surface area contributed by atoms with Crippen molar-refractivity contribution in [2.24, 2.45) is 5.73 Å². The average Bonchev–Trinajstić information content (AvgIpc) is 2.87. The van der Waals surface area contributed by atoms with E-state index in [1.807, 2.05) is 23.6 Å². The topological polar surface area (TPSA) is 68.2 Å². The Labute approximate surface area is 100 Å². The molecule has 2 atom stereocenters. The Kier molecular flexibility index (Phi) is 2.48. The van der Waals surface area contributed by atoms with Gasteiger partial charge in [0.25, 0.3) is 0 Å². The number of anilines is 1. The van der Waals surface area contributed by atoms with E-state index in [1.54, 1.807) is 6.20 Å². The summed E-state index contributed by atoms with van der Waals surface area (Å²) in [5.74, 6) is 1.01. The van der Waals surface area contributed by atoms with Crippen molar-refractivity contribution in [2.45, 2.75) is 38.3 Å². The highest BCUT2D eigenvalue weighted by Gasteiger charge is 2.22. The van der Waals surface area contributed by atoms with E-state index in [4.69, 9.17) is 5.73 Å². The minimum Gasteiger partial charge on any atom is -0.367 e. The predicted octanol–water partition coefficient (Wildman–Crippen LogP) is 1.33. The fraction of sp³-hybridized carbons (Fsp3) is 0.500. The van der Waals surface area contributed by atoms with E-state index in [9.17, 15) is 0 Å². The molecule has 0 saturated heterocycles. The van der Waals surface area contributed by atoms with Gasteiger partial charge in [-0.1, -0.05) is 0 Å². The van der Waals surface area contributed by atoms with Gasteiger partial charge in [-0.15, -0.1) is 0 Å². The van der Waals surface area contributed by atoms with Gasteiger partial charge in [-0.3, -0.25) is 0 Å². The molecule has 1 fully saturated rings. The summed E-state index contributed by atoms with van der Waals surface area (Å²) < 4.78 is 1.84. The first-order chi connectivity index (χ1) is 8.22.